The Morgan fingerprint density at radius 1 is 1.14 bits per heavy atom. The Bertz CT molecular complexity index is 779. The molecule has 1 saturated heterocycles. The second-order valence-electron chi connectivity index (χ2n) is 8.13. The fraction of sp³-hybridized carbons (Fsp3) is 0.545. The quantitative estimate of drug-likeness (QED) is 0.765. The van der Waals surface area contributed by atoms with Gasteiger partial charge in [0.25, 0.3) is 11.8 Å². The van der Waals surface area contributed by atoms with Crippen LogP contribution in [0.3, 0.4) is 0 Å². The van der Waals surface area contributed by atoms with Gasteiger partial charge < -0.3 is 9.64 Å². The third-order valence-electron chi connectivity index (χ3n) is 6.19. The van der Waals surface area contributed by atoms with Crippen LogP contribution in [0, 0.1) is 17.8 Å². The van der Waals surface area contributed by atoms with Gasteiger partial charge in [0.1, 0.15) is 0 Å². The van der Waals surface area contributed by atoms with Crippen LogP contribution in [0.2, 0.25) is 0 Å². The first kappa shape index (κ1) is 21.0. The van der Waals surface area contributed by atoms with Crippen molar-refractivity contribution in [2.45, 2.75) is 45.6 Å². The molecule has 1 aliphatic heterocycles. The van der Waals surface area contributed by atoms with Crippen molar-refractivity contribution in [3.8, 4) is 0 Å². The van der Waals surface area contributed by atoms with Crippen LogP contribution < -0.4 is 5.32 Å². The zero-order valence-corrected chi connectivity index (χ0v) is 16.9. The molecule has 1 aliphatic carbocycles. The van der Waals surface area contributed by atoms with E-state index >= 15 is 0 Å². The van der Waals surface area contributed by atoms with Crippen molar-refractivity contribution in [1.82, 2.24) is 10.2 Å². The molecule has 7 heteroatoms. The minimum Gasteiger partial charge on any atom is -0.455 e. The zero-order chi connectivity index (χ0) is 21.0. The van der Waals surface area contributed by atoms with Gasteiger partial charge in [-0.3, -0.25) is 24.5 Å². The van der Waals surface area contributed by atoms with Gasteiger partial charge in [-0.05, 0) is 30.4 Å². The maximum atomic E-state index is 12.5. The lowest BCUT2D eigenvalue weighted by molar-refractivity contribution is -0.152. The lowest BCUT2D eigenvalue weighted by Gasteiger charge is -2.39. The third-order valence-corrected chi connectivity index (χ3v) is 6.19. The van der Waals surface area contributed by atoms with Crippen LogP contribution in [-0.2, 0) is 19.1 Å². The largest absolute Gasteiger partial charge is 0.455 e. The van der Waals surface area contributed by atoms with E-state index in [0.717, 1.165) is 12.8 Å². The smallest absolute Gasteiger partial charge is 0.311 e. The molecule has 1 aromatic carbocycles. The summed E-state index contributed by atoms with van der Waals surface area (Å²) in [6.07, 6.45) is 3.33. The van der Waals surface area contributed by atoms with Crippen LogP contribution in [0.5, 0.6) is 0 Å². The highest BCUT2D eigenvalue weighted by Crippen LogP contribution is 2.35. The Morgan fingerprint density at radius 2 is 1.86 bits per heavy atom. The van der Waals surface area contributed by atoms with Crippen molar-refractivity contribution in [2.75, 3.05) is 13.2 Å². The van der Waals surface area contributed by atoms with Crippen LogP contribution in [0.15, 0.2) is 30.3 Å². The van der Waals surface area contributed by atoms with Crippen LogP contribution in [0.25, 0.3) is 0 Å². The average molecular weight is 400 g/mol. The lowest BCUT2D eigenvalue weighted by atomic mass is 9.77. The van der Waals surface area contributed by atoms with Gasteiger partial charge >= 0.3 is 5.97 Å². The zero-order valence-electron chi connectivity index (χ0n) is 16.9. The number of rotatable bonds is 5. The van der Waals surface area contributed by atoms with Crippen molar-refractivity contribution in [1.29, 1.82) is 0 Å². The van der Waals surface area contributed by atoms with Gasteiger partial charge in [0.05, 0.1) is 5.92 Å². The molecule has 0 radical (unpaired) electrons. The molecule has 0 bridgehead atoms. The molecule has 29 heavy (non-hydrogen) atoms. The van der Waals surface area contributed by atoms with E-state index in [1.165, 1.54) is 6.42 Å². The fourth-order valence-corrected chi connectivity index (χ4v) is 4.28. The van der Waals surface area contributed by atoms with Gasteiger partial charge in [0.15, 0.2) is 6.61 Å². The number of imide groups is 1. The standard InChI is InChI=1S/C22H28N2O5/c1-14-7-6-10-18(15(14)2)24-12-17(11-20(24)26)22(28)29-13-19(25)23-21(27)16-8-4-3-5-9-16/h3-5,8-9,14-15,17-18H,6-7,10-13H2,1-2H3,(H,23,25,27)/t14-,15-,17-,18+/m1/s1. The highest BCUT2D eigenvalue weighted by molar-refractivity contribution is 6.05. The summed E-state index contributed by atoms with van der Waals surface area (Å²) in [5, 5.41) is 2.19. The van der Waals surface area contributed by atoms with Crippen molar-refractivity contribution < 1.29 is 23.9 Å². The molecule has 0 unspecified atom stereocenters. The Kier molecular flexibility index (Phi) is 6.67. The maximum Gasteiger partial charge on any atom is 0.311 e. The summed E-state index contributed by atoms with van der Waals surface area (Å²) >= 11 is 0. The Morgan fingerprint density at radius 3 is 2.59 bits per heavy atom. The summed E-state index contributed by atoms with van der Waals surface area (Å²) in [5.74, 6) is -1.45. The van der Waals surface area contributed by atoms with E-state index in [0.29, 0.717) is 23.9 Å². The molecule has 7 nitrogen and oxygen atoms in total. The van der Waals surface area contributed by atoms with E-state index in [2.05, 4.69) is 19.2 Å². The van der Waals surface area contributed by atoms with Gasteiger partial charge in [0.2, 0.25) is 5.91 Å². The Labute approximate surface area is 170 Å². The molecule has 156 valence electrons. The summed E-state index contributed by atoms with van der Waals surface area (Å²) in [6, 6.07) is 8.48. The molecular weight excluding hydrogens is 372 g/mol. The van der Waals surface area contributed by atoms with Crippen molar-refractivity contribution in [3.05, 3.63) is 35.9 Å². The highest BCUT2D eigenvalue weighted by atomic mass is 16.5. The number of amides is 3. The van der Waals surface area contributed by atoms with E-state index < -0.39 is 30.3 Å². The van der Waals surface area contributed by atoms with Crippen LogP contribution in [0.1, 0.15) is 49.9 Å². The SMILES string of the molecule is C[C@@H]1[C@H](C)CCC[C@@H]1N1C[C@H](C(=O)OCC(=O)NC(=O)c2ccccc2)CC1=O. The molecule has 2 fully saturated rings. The van der Waals surface area contributed by atoms with Gasteiger partial charge in [-0.25, -0.2) is 0 Å². The van der Waals surface area contributed by atoms with Crippen molar-refractivity contribution in [2.24, 2.45) is 17.8 Å². The molecule has 0 spiro atoms. The molecule has 3 amide bonds. The van der Waals surface area contributed by atoms with Gasteiger partial charge in [-0.15, -0.1) is 0 Å². The number of esters is 1. The molecule has 2 aliphatic rings. The molecule has 1 saturated carbocycles. The third kappa shape index (κ3) is 5.02. The predicted molar refractivity (Wildman–Crippen MR) is 106 cm³/mol. The number of carbonyl (C=O) groups excluding carboxylic acids is 4. The number of benzene rings is 1. The first-order valence-corrected chi connectivity index (χ1v) is 10.2. The van der Waals surface area contributed by atoms with Crippen LogP contribution in [-0.4, -0.2) is 47.8 Å². The number of ether oxygens (including phenoxy) is 1. The molecule has 3 rings (SSSR count). The first-order valence-electron chi connectivity index (χ1n) is 10.2. The molecule has 0 aromatic heterocycles. The number of nitrogens with one attached hydrogen (secondary N) is 1. The average Bonchev–Trinajstić information content (AvgIpc) is 3.10. The second kappa shape index (κ2) is 9.20. The minimum atomic E-state index is -0.692. The van der Waals surface area contributed by atoms with E-state index in [-0.39, 0.29) is 18.4 Å². The monoisotopic (exact) mass is 400 g/mol. The molecular formula is C22H28N2O5. The molecule has 4 atom stereocenters. The van der Waals surface area contributed by atoms with Crippen molar-refractivity contribution >= 4 is 23.7 Å². The number of nitrogens with zero attached hydrogens (tertiary/aromatic N) is 1. The number of hydrogen-bond acceptors (Lipinski definition) is 5. The Balaban J connectivity index is 1.48. The Hall–Kier alpha value is -2.70. The van der Waals surface area contributed by atoms with Gasteiger partial charge in [-0.2, -0.15) is 0 Å². The van der Waals surface area contributed by atoms with Gasteiger partial charge in [0, 0.05) is 24.6 Å². The number of likely N-dealkylation sites (tertiary alicyclic amines) is 1. The first-order chi connectivity index (χ1) is 13.9. The molecule has 1 aromatic rings. The van der Waals surface area contributed by atoms with E-state index in [4.69, 9.17) is 4.74 Å². The van der Waals surface area contributed by atoms with Crippen LogP contribution >= 0.6 is 0 Å². The highest BCUT2D eigenvalue weighted by Gasteiger charge is 2.42. The van der Waals surface area contributed by atoms with E-state index in [1.54, 1.807) is 30.3 Å². The second-order valence-corrected chi connectivity index (χ2v) is 8.13. The normalized spacial score (nSPS) is 26.8. The molecule has 1 heterocycles. The summed E-state index contributed by atoms with van der Waals surface area (Å²) in [6.45, 7) is 4.17. The summed E-state index contributed by atoms with van der Waals surface area (Å²) in [5.41, 5.74) is 0.347. The fourth-order valence-electron chi connectivity index (χ4n) is 4.28. The van der Waals surface area contributed by atoms with Crippen LogP contribution in [0.4, 0.5) is 0 Å². The minimum absolute atomic E-state index is 0.0263. The van der Waals surface area contributed by atoms with Gasteiger partial charge in [-0.1, -0.05) is 44.9 Å². The lowest BCUT2D eigenvalue weighted by Crippen LogP contribution is -2.45. The number of carbonyl (C=O) groups is 4. The topological polar surface area (TPSA) is 92.8 Å². The van der Waals surface area contributed by atoms with Crippen molar-refractivity contribution in [3.63, 3.8) is 0 Å². The summed E-state index contributed by atoms with van der Waals surface area (Å²) in [4.78, 5) is 50.5. The maximum absolute atomic E-state index is 12.5. The van der Waals surface area contributed by atoms with E-state index in [1.807, 2.05) is 4.90 Å². The number of hydrogen-bond donors (Lipinski definition) is 1. The predicted octanol–water partition coefficient (Wildman–Crippen LogP) is 2.16. The summed E-state index contributed by atoms with van der Waals surface area (Å²) in [7, 11) is 0. The van der Waals surface area contributed by atoms with E-state index in [9.17, 15) is 19.2 Å². The summed E-state index contributed by atoms with van der Waals surface area (Å²) < 4.78 is 5.07. The molecule has 1 N–H and O–H groups in total.